The highest BCUT2D eigenvalue weighted by Gasteiger charge is 2.57. The number of hydrogen-bond donors (Lipinski definition) is 2. The van der Waals surface area contributed by atoms with Gasteiger partial charge in [-0.3, -0.25) is 9.59 Å². The van der Waals surface area contributed by atoms with Crippen LogP contribution in [0.1, 0.15) is 26.7 Å². The zero-order valence-electron chi connectivity index (χ0n) is 10.4. The number of amides is 1. The van der Waals surface area contributed by atoms with Crippen LogP contribution in [0, 0.1) is 11.2 Å². The van der Waals surface area contributed by atoms with Crippen molar-refractivity contribution in [2.45, 2.75) is 26.7 Å². The first kappa shape index (κ1) is 14.2. The second-order valence-corrected chi connectivity index (χ2v) is 3.85. The maximum atomic E-state index is 12.6. The minimum Gasteiger partial charge on any atom is -0.480 e. The summed E-state index contributed by atoms with van der Waals surface area (Å²) >= 11 is 0. The van der Waals surface area contributed by atoms with E-state index in [0.717, 1.165) is 0 Å². The average molecular weight is 253 g/mol. The lowest BCUT2D eigenvalue weighted by molar-refractivity contribution is -0.147. The van der Waals surface area contributed by atoms with E-state index in [1.54, 1.807) is 0 Å². The highest BCUT2D eigenvalue weighted by Crippen LogP contribution is 2.46. The Morgan fingerprint density at radius 2 is 1.72 bits per heavy atom. The molecule has 1 amide bonds. The molecule has 0 atom stereocenters. The maximum Gasteiger partial charge on any atom is 0.319 e. The van der Waals surface area contributed by atoms with E-state index in [-0.39, 0.29) is 0 Å². The van der Waals surface area contributed by atoms with Crippen LogP contribution in [0.25, 0.3) is 0 Å². The van der Waals surface area contributed by atoms with E-state index in [0.29, 0.717) is 18.5 Å². The van der Waals surface area contributed by atoms with E-state index >= 15 is 0 Å². The summed E-state index contributed by atoms with van der Waals surface area (Å²) in [6, 6.07) is 5.20. The van der Waals surface area contributed by atoms with Gasteiger partial charge in [0.05, 0.1) is 0 Å². The molecule has 1 aromatic rings. The summed E-state index contributed by atoms with van der Waals surface area (Å²) in [5.74, 6) is -2.05. The molecule has 1 aliphatic rings. The number of benzene rings is 1. The molecule has 2 N–H and O–H groups in total. The number of rotatable bonds is 3. The zero-order valence-corrected chi connectivity index (χ0v) is 10.4. The quantitative estimate of drug-likeness (QED) is 0.814. The first-order chi connectivity index (χ1) is 8.54. The van der Waals surface area contributed by atoms with E-state index in [1.807, 2.05) is 13.8 Å². The summed E-state index contributed by atoms with van der Waals surface area (Å²) in [4.78, 5) is 22.5. The molecule has 0 heterocycles. The van der Waals surface area contributed by atoms with Crippen LogP contribution in [0.5, 0.6) is 0 Å². The minimum absolute atomic E-state index is 0.357. The van der Waals surface area contributed by atoms with Gasteiger partial charge in [0.15, 0.2) is 0 Å². The number of carboxylic acid groups (broad SMARTS) is 1. The lowest BCUT2D eigenvalue weighted by atomic mass is 10.1. The van der Waals surface area contributed by atoms with Gasteiger partial charge >= 0.3 is 5.97 Å². The Morgan fingerprint density at radius 1 is 1.22 bits per heavy atom. The Labute approximate surface area is 105 Å². The molecule has 1 aromatic carbocycles. The van der Waals surface area contributed by atoms with E-state index < -0.39 is 23.1 Å². The third-order valence-electron chi connectivity index (χ3n) is 2.70. The normalized spacial score (nSPS) is 15.1. The molecule has 0 aliphatic heterocycles. The van der Waals surface area contributed by atoms with E-state index in [9.17, 15) is 14.0 Å². The molecule has 2 rings (SSSR count). The van der Waals surface area contributed by atoms with Crippen molar-refractivity contribution in [1.29, 1.82) is 0 Å². The summed E-state index contributed by atoms with van der Waals surface area (Å²) in [6.45, 7) is 4.00. The zero-order chi connectivity index (χ0) is 13.8. The number of carbonyl (C=O) groups excluding carboxylic acids is 1. The second-order valence-electron chi connectivity index (χ2n) is 3.85. The van der Waals surface area contributed by atoms with Crippen LogP contribution in [0.3, 0.4) is 0 Å². The van der Waals surface area contributed by atoms with Gasteiger partial charge in [-0.2, -0.15) is 0 Å². The predicted molar refractivity (Wildman–Crippen MR) is 65.7 cm³/mol. The molecule has 4 nitrogen and oxygen atoms in total. The van der Waals surface area contributed by atoms with E-state index in [1.165, 1.54) is 24.3 Å². The SMILES string of the molecule is CC.O=C(O)C1(C(=O)Nc2ccc(F)cc2)CC1. The van der Waals surface area contributed by atoms with Gasteiger partial charge in [0.2, 0.25) is 5.91 Å². The summed E-state index contributed by atoms with van der Waals surface area (Å²) in [6.07, 6.45) is 0.713. The fourth-order valence-electron chi connectivity index (χ4n) is 1.45. The Hall–Kier alpha value is -1.91. The Balaban J connectivity index is 0.000000771. The number of halogens is 1. The Kier molecular flexibility index (Phi) is 4.42. The second kappa shape index (κ2) is 5.62. The molecule has 1 fully saturated rings. The summed E-state index contributed by atoms with van der Waals surface area (Å²) in [5.41, 5.74) is -0.868. The third-order valence-corrected chi connectivity index (χ3v) is 2.70. The first-order valence-electron chi connectivity index (χ1n) is 5.85. The van der Waals surface area contributed by atoms with Gasteiger partial charge in [-0.05, 0) is 37.1 Å². The van der Waals surface area contributed by atoms with Gasteiger partial charge in [-0.15, -0.1) is 0 Å². The van der Waals surface area contributed by atoms with Crippen molar-refractivity contribution < 1.29 is 19.1 Å². The molecule has 98 valence electrons. The third kappa shape index (κ3) is 2.85. The Bertz CT molecular complexity index is 438. The van der Waals surface area contributed by atoms with Gasteiger partial charge in [-0.1, -0.05) is 13.8 Å². The van der Waals surface area contributed by atoms with E-state index in [2.05, 4.69) is 5.32 Å². The van der Waals surface area contributed by atoms with Gasteiger partial charge in [-0.25, -0.2) is 4.39 Å². The predicted octanol–water partition coefficient (Wildman–Crippen LogP) is 2.66. The molecule has 0 saturated heterocycles. The number of anilines is 1. The summed E-state index contributed by atoms with van der Waals surface area (Å²) in [5, 5.41) is 11.3. The van der Waals surface area contributed by atoms with E-state index in [4.69, 9.17) is 5.11 Å². The fraction of sp³-hybridized carbons (Fsp3) is 0.385. The van der Waals surface area contributed by atoms with Crippen LogP contribution < -0.4 is 5.32 Å². The maximum absolute atomic E-state index is 12.6. The summed E-state index contributed by atoms with van der Waals surface area (Å²) in [7, 11) is 0. The van der Waals surface area contributed by atoms with Crippen molar-refractivity contribution in [3.8, 4) is 0 Å². The van der Waals surface area contributed by atoms with Crippen molar-refractivity contribution in [3.05, 3.63) is 30.1 Å². The number of nitrogens with one attached hydrogen (secondary N) is 1. The Morgan fingerprint density at radius 3 is 2.11 bits per heavy atom. The molecule has 5 heteroatoms. The van der Waals surface area contributed by atoms with Crippen molar-refractivity contribution in [2.24, 2.45) is 5.41 Å². The van der Waals surface area contributed by atoms with Crippen LogP contribution in [-0.2, 0) is 9.59 Å². The van der Waals surface area contributed by atoms with Crippen LogP contribution in [0.2, 0.25) is 0 Å². The number of carboxylic acids is 1. The highest BCUT2D eigenvalue weighted by molar-refractivity contribution is 6.10. The molecular formula is C13H16FNO3. The highest BCUT2D eigenvalue weighted by atomic mass is 19.1. The van der Waals surface area contributed by atoms with Crippen LogP contribution >= 0.6 is 0 Å². The lowest BCUT2D eigenvalue weighted by Gasteiger charge is -2.10. The molecule has 0 unspecified atom stereocenters. The molecule has 1 aliphatic carbocycles. The number of hydrogen-bond acceptors (Lipinski definition) is 2. The molecule has 1 saturated carbocycles. The topological polar surface area (TPSA) is 66.4 Å². The van der Waals surface area contributed by atoms with Gasteiger partial charge in [0, 0.05) is 5.69 Å². The molecule has 0 radical (unpaired) electrons. The molecule has 18 heavy (non-hydrogen) atoms. The minimum atomic E-state index is -1.27. The van der Waals surface area contributed by atoms with Gasteiger partial charge in [0.25, 0.3) is 0 Å². The molecule has 0 aromatic heterocycles. The molecule has 0 spiro atoms. The molecule has 0 bridgehead atoms. The van der Waals surface area contributed by atoms with Gasteiger partial charge in [0.1, 0.15) is 11.2 Å². The smallest absolute Gasteiger partial charge is 0.319 e. The van der Waals surface area contributed by atoms with Crippen molar-refractivity contribution in [3.63, 3.8) is 0 Å². The van der Waals surface area contributed by atoms with Crippen molar-refractivity contribution in [2.75, 3.05) is 5.32 Å². The standard InChI is InChI=1S/C11H10FNO3.C2H6/c12-7-1-3-8(4-2-7)13-9(14)11(5-6-11)10(15)16;1-2/h1-4H,5-6H2,(H,13,14)(H,15,16);1-2H3. The van der Waals surface area contributed by atoms with Crippen LogP contribution in [0.15, 0.2) is 24.3 Å². The number of aliphatic carboxylic acids is 1. The molecular weight excluding hydrogens is 237 g/mol. The van der Waals surface area contributed by atoms with Crippen molar-refractivity contribution in [1.82, 2.24) is 0 Å². The van der Waals surface area contributed by atoms with Crippen LogP contribution in [0.4, 0.5) is 10.1 Å². The van der Waals surface area contributed by atoms with Crippen molar-refractivity contribution >= 4 is 17.6 Å². The lowest BCUT2D eigenvalue weighted by Crippen LogP contribution is -2.31. The fourth-order valence-corrected chi connectivity index (χ4v) is 1.45. The van der Waals surface area contributed by atoms with Gasteiger partial charge < -0.3 is 10.4 Å². The van der Waals surface area contributed by atoms with Crippen LogP contribution in [-0.4, -0.2) is 17.0 Å². The number of carbonyl (C=O) groups is 2. The largest absolute Gasteiger partial charge is 0.480 e. The monoisotopic (exact) mass is 253 g/mol. The summed E-state index contributed by atoms with van der Waals surface area (Å²) < 4.78 is 12.6. The first-order valence-corrected chi connectivity index (χ1v) is 5.85. The average Bonchev–Trinajstić information content (AvgIpc) is 3.16.